The fraction of sp³-hybridized carbons (Fsp3) is 0.250. The minimum Gasteiger partial charge on any atom is -0.469 e. The molecule has 0 spiro atoms. The predicted molar refractivity (Wildman–Crippen MR) is 103 cm³/mol. The normalized spacial score (nSPS) is 11.6. The zero-order valence-electron chi connectivity index (χ0n) is 15.0. The lowest BCUT2D eigenvalue weighted by Gasteiger charge is -2.11. The molecule has 7 heteroatoms. The molecule has 2 aromatic rings. The van der Waals surface area contributed by atoms with Gasteiger partial charge in [-0.3, -0.25) is 4.79 Å². The topological polar surface area (TPSA) is 72.5 Å². The molecule has 0 aromatic heterocycles. The zero-order valence-corrected chi connectivity index (χ0v) is 15.8. The van der Waals surface area contributed by atoms with Crippen LogP contribution in [0.3, 0.4) is 0 Å². The molecule has 0 aliphatic rings. The molecule has 0 unspecified atom stereocenters. The monoisotopic (exact) mass is 391 g/mol. The largest absolute Gasteiger partial charge is 0.469 e. The molecule has 2 aromatic carbocycles. The van der Waals surface area contributed by atoms with Crippen molar-refractivity contribution in [1.29, 1.82) is 0 Å². The molecular formula is C20H22FNO4S. The van der Waals surface area contributed by atoms with Crippen molar-refractivity contribution in [3.63, 3.8) is 0 Å². The molecule has 0 saturated heterocycles. The Morgan fingerprint density at radius 2 is 1.89 bits per heavy atom. The molecule has 2 rings (SSSR count). The minimum atomic E-state index is -3.72. The van der Waals surface area contributed by atoms with E-state index in [1.54, 1.807) is 12.1 Å². The highest BCUT2D eigenvalue weighted by atomic mass is 32.2. The van der Waals surface area contributed by atoms with Crippen molar-refractivity contribution in [3.05, 3.63) is 77.1 Å². The van der Waals surface area contributed by atoms with E-state index >= 15 is 0 Å². The van der Waals surface area contributed by atoms with E-state index in [1.807, 2.05) is 42.5 Å². The fourth-order valence-corrected chi connectivity index (χ4v) is 3.40. The molecule has 1 N–H and O–H groups in total. The van der Waals surface area contributed by atoms with E-state index in [9.17, 15) is 17.6 Å². The van der Waals surface area contributed by atoms with Gasteiger partial charge in [0, 0.05) is 12.1 Å². The van der Waals surface area contributed by atoms with Crippen LogP contribution in [0.2, 0.25) is 0 Å². The number of rotatable bonds is 9. The van der Waals surface area contributed by atoms with Crippen LogP contribution in [0.15, 0.2) is 54.6 Å². The summed E-state index contributed by atoms with van der Waals surface area (Å²) < 4.78 is 45.0. The predicted octanol–water partition coefficient (Wildman–Crippen LogP) is 3.06. The van der Waals surface area contributed by atoms with Crippen LogP contribution in [0.1, 0.15) is 23.1 Å². The molecule has 0 bridgehead atoms. The summed E-state index contributed by atoms with van der Waals surface area (Å²) in [5, 5.41) is 0. The Hall–Kier alpha value is -2.51. The van der Waals surface area contributed by atoms with Crippen molar-refractivity contribution < 1.29 is 22.3 Å². The lowest BCUT2D eigenvalue weighted by Crippen LogP contribution is -2.28. The maximum Gasteiger partial charge on any atom is 0.306 e. The first-order valence-corrected chi connectivity index (χ1v) is 10.1. The van der Waals surface area contributed by atoms with E-state index in [1.165, 1.54) is 13.2 Å². The third-order valence-corrected chi connectivity index (χ3v) is 5.26. The molecule has 0 saturated carbocycles. The van der Waals surface area contributed by atoms with E-state index in [0.717, 1.165) is 5.56 Å². The lowest BCUT2D eigenvalue weighted by atomic mass is 10.0. The molecule has 0 aliphatic heterocycles. The van der Waals surface area contributed by atoms with Gasteiger partial charge >= 0.3 is 5.97 Å². The number of carbonyl (C=O) groups excluding carboxylic acids is 1. The number of allylic oxidation sites excluding steroid dienone is 1. The van der Waals surface area contributed by atoms with Gasteiger partial charge in [0.2, 0.25) is 10.0 Å². The Balaban J connectivity index is 2.04. The number of nitrogens with one attached hydrogen (secondary N) is 1. The van der Waals surface area contributed by atoms with Gasteiger partial charge in [0.25, 0.3) is 0 Å². The van der Waals surface area contributed by atoms with Gasteiger partial charge in [0.05, 0.1) is 19.3 Å². The highest BCUT2D eigenvalue weighted by Gasteiger charge is 2.15. The second-order valence-corrected chi connectivity index (χ2v) is 7.79. The summed E-state index contributed by atoms with van der Waals surface area (Å²) in [5.74, 6) is -1.49. The summed E-state index contributed by atoms with van der Waals surface area (Å²) in [5.41, 5.74) is 2.01. The Morgan fingerprint density at radius 3 is 2.59 bits per heavy atom. The van der Waals surface area contributed by atoms with E-state index in [-0.39, 0.29) is 18.5 Å². The molecule has 0 radical (unpaired) electrons. The van der Waals surface area contributed by atoms with Crippen LogP contribution in [0.4, 0.5) is 4.39 Å². The zero-order chi connectivity index (χ0) is 19.7. The summed E-state index contributed by atoms with van der Waals surface area (Å²) in [4.78, 5) is 11.1. The average Bonchev–Trinajstić information content (AvgIpc) is 2.66. The van der Waals surface area contributed by atoms with E-state index in [4.69, 9.17) is 0 Å². The van der Waals surface area contributed by atoms with Gasteiger partial charge in [0.15, 0.2) is 0 Å². The SMILES string of the molecule is COC(=O)CCS(=O)(=O)NCc1c(F)cccc1CC=Cc1ccccc1. The first-order valence-electron chi connectivity index (χ1n) is 8.43. The van der Waals surface area contributed by atoms with Crippen LogP contribution in [-0.4, -0.2) is 27.2 Å². The second-order valence-electron chi connectivity index (χ2n) is 5.86. The Morgan fingerprint density at radius 1 is 1.15 bits per heavy atom. The van der Waals surface area contributed by atoms with Crippen molar-refractivity contribution in [2.45, 2.75) is 19.4 Å². The summed E-state index contributed by atoms with van der Waals surface area (Å²) in [6, 6.07) is 14.3. The number of esters is 1. The molecular weight excluding hydrogens is 369 g/mol. The van der Waals surface area contributed by atoms with E-state index < -0.39 is 27.6 Å². The minimum absolute atomic E-state index is 0.176. The maximum atomic E-state index is 14.2. The van der Waals surface area contributed by atoms with Gasteiger partial charge in [-0.25, -0.2) is 17.5 Å². The number of halogens is 1. The van der Waals surface area contributed by atoms with Crippen LogP contribution in [0.5, 0.6) is 0 Å². The highest BCUT2D eigenvalue weighted by Crippen LogP contribution is 2.16. The smallest absolute Gasteiger partial charge is 0.306 e. The first-order chi connectivity index (χ1) is 12.9. The second kappa shape index (κ2) is 9.99. The van der Waals surface area contributed by atoms with Gasteiger partial charge in [-0.1, -0.05) is 54.6 Å². The van der Waals surface area contributed by atoms with E-state index in [0.29, 0.717) is 12.0 Å². The van der Waals surface area contributed by atoms with Crippen molar-refractivity contribution in [2.75, 3.05) is 12.9 Å². The summed E-state index contributed by atoms with van der Waals surface area (Å²) >= 11 is 0. The number of hydrogen-bond donors (Lipinski definition) is 1. The third kappa shape index (κ3) is 6.96. The number of ether oxygens (including phenoxy) is 1. The molecule has 0 aliphatic carbocycles. The van der Waals surface area contributed by atoms with Crippen LogP contribution in [0, 0.1) is 5.82 Å². The van der Waals surface area contributed by atoms with Crippen LogP contribution >= 0.6 is 0 Å². The molecule has 144 valence electrons. The van der Waals surface area contributed by atoms with Gasteiger partial charge in [0.1, 0.15) is 5.82 Å². The number of methoxy groups -OCH3 is 1. The molecule has 5 nitrogen and oxygen atoms in total. The molecule has 0 amide bonds. The third-order valence-electron chi connectivity index (χ3n) is 3.93. The number of carbonyl (C=O) groups is 1. The standard InChI is InChI=1S/C20H22FNO4S/c1-26-20(23)13-14-27(24,25)22-15-18-17(11-6-12-19(18)21)10-5-9-16-7-3-2-4-8-16/h2-9,11-12,22H,10,13-15H2,1H3. The molecule has 0 fully saturated rings. The van der Waals surface area contributed by atoms with Crippen molar-refractivity contribution in [3.8, 4) is 0 Å². The molecule has 0 atom stereocenters. The van der Waals surface area contributed by atoms with Crippen molar-refractivity contribution >= 4 is 22.1 Å². The first kappa shape index (κ1) is 20.8. The van der Waals surface area contributed by atoms with Crippen LogP contribution < -0.4 is 4.72 Å². The maximum absolute atomic E-state index is 14.2. The Kier molecular flexibility index (Phi) is 7.69. The van der Waals surface area contributed by atoms with Crippen LogP contribution in [-0.2, 0) is 32.5 Å². The van der Waals surface area contributed by atoms with Crippen molar-refractivity contribution in [1.82, 2.24) is 4.72 Å². The average molecular weight is 391 g/mol. The summed E-state index contributed by atoms with van der Waals surface area (Å²) in [6.07, 6.45) is 4.04. The molecule has 27 heavy (non-hydrogen) atoms. The lowest BCUT2D eigenvalue weighted by molar-refractivity contribution is -0.140. The van der Waals surface area contributed by atoms with Crippen molar-refractivity contribution in [2.24, 2.45) is 0 Å². The Labute approximate surface area is 158 Å². The quantitative estimate of drug-likeness (QED) is 0.667. The number of hydrogen-bond acceptors (Lipinski definition) is 4. The molecule has 0 heterocycles. The highest BCUT2D eigenvalue weighted by molar-refractivity contribution is 7.89. The van der Waals surface area contributed by atoms with E-state index in [2.05, 4.69) is 9.46 Å². The van der Waals surface area contributed by atoms with Gasteiger partial charge < -0.3 is 4.74 Å². The van der Waals surface area contributed by atoms with Gasteiger partial charge in [-0.2, -0.15) is 0 Å². The summed E-state index contributed by atoms with van der Waals surface area (Å²) in [6.45, 7) is -0.176. The number of sulfonamides is 1. The Bertz CT molecular complexity index is 895. The van der Waals surface area contributed by atoms with Gasteiger partial charge in [-0.05, 0) is 23.6 Å². The number of benzene rings is 2. The van der Waals surface area contributed by atoms with Gasteiger partial charge in [-0.15, -0.1) is 0 Å². The van der Waals surface area contributed by atoms with Crippen LogP contribution in [0.25, 0.3) is 6.08 Å². The fourth-order valence-electron chi connectivity index (χ4n) is 2.45. The summed E-state index contributed by atoms with van der Waals surface area (Å²) in [7, 11) is -2.53.